The second-order valence-electron chi connectivity index (χ2n) is 2.94. The molecule has 0 fully saturated rings. The number of aromatic nitrogens is 4. The lowest BCUT2D eigenvalue weighted by atomic mass is 10.5. The molecular formula is C9H10ClN5O. The van der Waals surface area contributed by atoms with Crippen molar-refractivity contribution in [2.75, 3.05) is 12.4 Å². The number of rotatable bonds is 4. The van der Waals surface area contributed by atoms with E-state index in [0.717, 1.165) is 5.82 Å². The summed E-state index contributed by atoms with van der Waals surface area (Å²) in [4.78, 5) is 15.0. The summed E-state index contributed by atoms with van der Waals surface area (Å²) in [5, 5.41) is 3.47. The monoisotopic (exact) mass is 239 g/mol. The second-order valence-corrected chi connectivity index (χ2v) is 3.35. The van der Waals surface area contributed by atoms with Gasteiger partial charge in [0.15, 0.2) is 5.82 Å². The molecule has 0 saturated carbocycles. The predicted molar refractivity (Wildman–Crippen MR) is 59.5 cm³/mol. The highest BCUT2D eigenvalue weighted by Gasteiger charge is 2.05. The summed E-state index contributed by atoms with van der Waals surface area (Å²) in [6, 6.07) is 0.270. The summed E-state index contributed by atoms with van der Waals surface area (Å²) in [6.45, 7) is 0.507. The van der Waals surface area contributed by atoms with Gasteiger partial charge in [-0.15, -0.1) is 0 Å². The van der Waals surface area contributed by atoms with Crippen LogP contribution in [0, 0.1) is 0 Å². The highest BCUT2D eigenvalue weighted by molar-refractivity contribution is 6.32. The normalized spacial score (nSPS) is 10.1. The zero-order valence-corrected chi connectivity index (χ0v) is 9.32. The van der Waals surface area contributed by atoms with Gasteiger partial charge in [-0.25, -0.2) is 9.97 Å². The van der Waals surface area contributed by atoms with E-state index >= 15 is 0 Å². The Kier molecular flexibility index (Phi) is 3.21. The van der Waals surface area contributed by atoms with E-state index in [1.54, 1.807) is 12.4 Å². The lowest BCUT2D eigenvalue weighted by Gasteiger charge is -2.06. The van der Waals surface area contributed by atoms with Gasteiger partial charge in [0.25, 0.3) is 0 Å². The molecule has 0 aliphatic heterocycles. The summed E-state index contributed by atoms with van der Waals surface area (Å²) in [7, 11) is 1.50. The number of aromatic amines is 1. The van der Waals surface area contributed by atoms with Crippen LogP contribution in [0.4, 0.5) is 5.82 Å². The average Bonchev–Trinajstić information content (AvgIpc) is 2.81. The Labute approximate surface area is 97.1 Å². The molecule has 0 aliphatic carbocycles. The lowest BCUT2D eigenvalue weighted by molar-refractivity contribution is 0.380. The highest BCUT2D eigenvalue weighted by Crippen LogP contribution is 2.20. The molecule has 7 heteroatoms. The van der Waals surface area contributed by atoms with Crippen molar-refractivity contribution >= 4 is 17.4 Å². The van der Waals surface area contributed by atoms with Crippen LogP contribution in [0.15, 0.2) is 18.6 Å². The molecule has 0 aliphatic rings. The van der Waals surface area contributed by atoms with Crippen LogP contribution in [-0.4, -0.2) is 27.0 Å². The van der Waals surface area contributed by atoms with Crippen LogP contribution in [0.25, 0.3) is 0 Å². The van der Waals surface area contributed by atoms with Crippen molar-refractivity contribution in [1.82, 2.24) is 19.9 Å². The molecule has 0 aromatic carbocycles. The van der Waals surface area contributed by atoms with Gasteiger partial charge in [0.1, 0.15) is 10.8 Å². The number of methoxy groups -OCH3 is 1. The van der Waals surface area contributed by atoms with E-state index in [2.05, 4.69) is 25.3 Å². The SMILES string of the molecule is COc1ncc(Cl)c(NCc2ncc[nH]2)n1. The number of H-pyrrole nitrogens is 1. The minimum absolute atomic E-state index is 0.270. The second kappa shape index (κ2) is 4.80. The van der Waals surface area contributed by atoms with E-state index in [1.807, 2.05) is 0 Å². The molecular weight excluding hydrogens is 230 g/mol. The lowest BCUT2D eigenvalue weighted by Crippen LogP contribution is -2.05. The van der Waals surface area contributed by atoms with Gasteiger partial charge in [-0.1, -0.05) is 11.6 Å². The number of nitrogens with one attached hydrogen (secondary N) is 2. The molecule has 0 atom stereocenters. The van der Waals surface area contributed by atoms with Crippen LogP contribution >= 0.6 is 11.6 Å². The van der Waals surface area contributed by atoms with Crippen molar-refractivity contribution in [3.05, 3.63) is 29.4 Å². The minimum Gasteiger partial charge on any atom is -0.467 e. The standard InChI is InChI=1S/C9H10ClN5O/c1-16-9-14-4-6(10)8(15-9)13-5-7-11-2-3-12-7/h2-4H,5H2,1H3,(H,11,12)(H,13,14,15). The number of imidazole rings is 1. The number of halogens is 1. The van der Waals surface area contributed by atoms with Gasteiger partial charge in [-0.3, -0.25) is 0 Å². The Morgan fingerprint density at radius 3 is 3.06 bits per heavy atom. The van der Waals surface area contributed by atoms with Crippen LogP contribution in [0.2, 0.25) is 5.02 Å². The number of hydrogen-bond acceptors (Lipinski definition) is 5. The number of hydrogen-bond donors (Lipinski definition) is 2. The van der Waals surface area contributed by atoms with Crippen molar-refractivity contribution in [2.24, 2.45) is 0 Å². The fourth-order valence-corrected chi connectivity index (χ4v) is 1.29. The van der Waals surface area contributed by atoms with E-state index in [9.17, 15) is 0 Å². The smallest absolute Gasteiger partial charge is 0.318 e. The van der Waals surface area contributed by atoms with Crippen molar-refractivity contribution < 1.29 is 4.74 Å². The molecule has 2 aromatic heterocycles. The molecule has 0 radical (unpaired) electrons. The van der Waals surface area contributed by atoms with Crippen molar-refractivity contribution in [2.45, 2.75) is 6.54 Å². The van der Waals surface area contributed by atoms with Crippen molar-refractivity contribution in [3.8, 4) is 6.01 Å². The van der Waals surface area contributed by atoms with Crippen molar-refractivity contribution in [3.63, 3.8) is 0 Å². The summed E-state index contributed by atoms with van der Waals surface area (Å²) < 4.78 is 4.90. The molecule has 0 unspecified atom stereocenters. The fraction of sp³-hybridized carbons (Fsp3) is 0.222. The molecule has 2 heterocycles. The molecule has 2 rings (SSSR count). The molecule has 84 valence electrons. The Morgan fingerprint density at radius 2 is 2.38 bits per heavy atom. The molecule has 0 amide bonds. The first-order valence-electron chi connectivity index (χ1n) is 4.58. The van der Waals surface area contributed by atoms with E-state index in [1.165, 1.54) is 13.3 Å². The third kappa shape index (κ3) is 2.40. The Bertz CT molecular complexity index is 459. The Hall–Kier alpha value is -1.82. The molecule has 6 nitrogen and oxygen atoms in total. The van der Waals surface area contributed by atoms with Gasteiger partial charge < -0.3 is 15.0 Å². The summed E-state index contributed by atoms with van der Waals surface area (Å²) in [5.74, 6) is 1.32. The number of nitrogens with zero attached hydrogens (tertiary/aromatic N) is 3. The van der Waals surface area contributed by atoms with Crippen LogP contribution in [0.3, 0.4) is 0 Å². The first kappa shape index (κ1) is 10.7. The maximum atomic E-state index is 5.92. The largest absolute Gasteiger partial charge is 0.467 e. The van der Waals surface area contributed by atoms with Gasteiger partial charge in [0, 0.05) is 12.4 Å². The van der Waals surface area contributed by atoms with Crippen molar-refractivity contribution in [1.29, 1.82) is 0 Å². The maximum Gasteiger partial charge on any atom is 0.318 e. The van der Waals surface area contributed by atoms with E-state index in [-0.39, 0.29) is 6.01 Å². The van der Waals surface area contributed by atoms with Crippen LogP contribution in [0.1, 0.15) is 5.82 Å². The Balaban J connectivity index is 2.08. The van der Waals surface area contributed by atoms with Crippen LogP contribution < -0.4 is 10.1 Å². The highest BCUT2D eigenvalue weighted by atomic mass is 35.5. The summed E-state index contributed by atoms with van der Waals surface area (Å²) in [5.41, 5.74) is 0. The number of ether oxygens (including phenoxy) is 1. The van der Waals surface area contributed by atoms with Gasteiger partial charge >= 0.3 is 6.01 Å². The van der Waals surface area contributed by atoms with Crippen LogP contribution in [0.5, 0.6) is 6.01 Å². The zero-order chi connectivity index (χ0) is 11.4. The predicted octanol–water partition coefficient (Wildman–Crippen LogP) is 1.47. The zero-order valence-electron chi connectivity index (χ0n) is 8.57. The van der Waals surface area contributed by atoms with E-state index in [0.29, 0.717) is 17.4 Å². The van der Waals surface area contributed by atoms with E-state index in [4.69, 9.17) is 16.3 Å². The topological polar surface area (TPSA) is 75.7 Å². The quantitative estimate of drug-likeness (QED) is 0.845. The third-order valence-corrected chi connectivity index (χ3v) is 2.16. The molecule has 0 spiro atoms. The fourth-order valence-electron chi connectivity index (χ4n) is 1.14. The average molecular weight is 240 g/mol. The van der Waals surface area contributed by atoms with Gasteiger partial charge in [0.05, 0.1) is 19.9 Å². The van der Waals surface area contributed by atoms with Gasteiger partial charge in [-0.05, 0) is 0 Å². The summed E-state index contributed by atoms with van der Waals surface area (Å²) in [6.07, 6.45) is 4.91. The first-order chi connectivity index (χ1) is 7.79. The van der Waals surface area contributed by atoms with E-state index < -0.39 is 0 Å². The molecule has 0 bridgehead atoms. The van der Waals surface area contributed by atoms with Crippen LogP contribution in [-0.2, 0) is 6.54 Å². The first-order valence-corrected chi connectivity index (χ1v) is 4.96. The Morgan fingerprint density at radius 1 is 1.50 bits per heavy atom. The minimum atomic E-state index is 0.270. The van der Waals surface area contributed by atoms with Gasteiger partial charge in [0.2, 0.25) is 0 Å². The molecule has 2 N–H and O–H groups in total. The summed E-state index contributed by atoms with van der Waals surface area (Å²) >= 11 is 5.92. The maximum absolute atomic E-state index is 5.92. The third-order valence-electron chi connectivity index (χ3n) is 1.88. The molecule has 0 saturated heterocycles. The molecule has 16 heavy (non-hydrogen) atoms. The molecule has 2 aromatic rings. The van der Waals surface area contributed by atoms with Gasteiger partial charge in [-0.2, -0.15) is 4.98 Å². The number of anilines is 1.